The number of hydrogen-bond donors (Lipinski definition) is 2. The molecule has 0 aliphatic heterocycles. The van der Waals surface area contributed by atoms with E-state index in [1.807, 2.05) is 13.8 Å². The first kappa shape index (κ1) is 17.4. The van der Waals surface area contributed by atoms with Crippen LogP contribution < -0.4 is 5.32 Å². The summed E-state index contributed by atoms with van der Waals surface area (Å²) in [5.41, 5.74) is 2.54. The van der Waals surface area contributed by atoms with Gasteiger partial charge in [-0.25, -0.2) is 0 Å². The Morgan fingerprint density at radius 1 is 1.24 bits per heavy atom. The van der Waals surface area contributed by atoms with Crippen LogP contribution in [0.25, 0.3) is 0 Å². The van der Waals surface area contributed by atoms with E-state index in [1.165, 1.54) is 0 Å². The summed E-state index contributed by atoms with van der Waals surface area (Å²) in [6.45, 7) is 9.23. The van der Waals surface area contributed by atoms with Crippen molar-refractivity contribution in [1.82, 2.24) is 10.2 Å². The van der Waals surface area contributed by atoms with Gasteiger partial charge in [-0.2, -0.15) is 10.4 Å². The topological polar surface area (TPSA) is 81.8 Å². The molecule has 0 saturated carbocycles. The van der Waals surface area contributed by atoms with Crippen molar-refractivity contribution in [2.24, 2.45) is 5.41 Å². The second-order valence-electron chi connectivity index (χ2n) is 6.01. The lowest BCUT2D eigenvalue weighted by atomic mass is 9.88. The van der Waals surface area contributed by atoms with Crippen molar-refractivity contribution < 1.29 is 5.11 Å². The number of rotatable bonds is 8. The van der Waals surface area contributed by atoms with E-state index < -0.39 is 0 Å². The Hall–Kier alpha value is -1.67. The Kier molecular flexibility index (Phi) is 6.57. The first-order valence-corrected chi connectivity index (χ1v) is 7.62. The molecule has 5 heteroatoms. The Morgan fingerprint density at radius 2 is 1.95 bits per heavy atom. The van der Waals surface area contributed by atoms with Crippen molar-refractivity contribution in [2.45, 2.75) is 53.4 Å². The highest BCUT2D eigenvalue weighted by Crippen LogP contribution is 2.25. The number of anilines is 1. The normalized spacial score (nSPS) is 11.2. The fraction of sp³-hybridized carbons (Fsp3) is 0.688. The lowest BCUT2D eigenvalue weighted by molar-refractivity contribution is 0.248. The van der Waals surface area contributed by atoms with Gasteiger partial charge in [0.25, 0.3) is 0 Å². The van der Waals surface area contributed by atoms with Crippen LogP contribution in [0.15, 0.2) is 0 Å². The smallest absolute Gasteiger partial charge is 0.166 e. The standard InChI is InChI=1S/C16H26N4O/c1-5-12-13(10-17)15(20-19-14(12)6-2)18-11-16(3,4)8-7-9-21/h21H,5-9,11H2,1-4H3,(H,18,20). The molecule has 2 N–H and O–H groups in total. The average molecular weight is 290 g/mol. The molecular formula is C16H26N4O. The van der Waals surface area contributed by atoms with Crippen molar-refractivity contribution in [3.05, 3.63) is 16.8 Å². The molecule has 0 radical (unpaired) electrons. The van der Waals surface area contributed by atoms with Gasteiger partial charge < -0.3 is 10.4 Å². The van der Waals surface area contributed by atoms with Crippen LogP contribution in [0, 0.1) is 16.7 Å². The molecule has 0 aliphatic rings. The second-order valence-corrected chi connectivity index (χ2v) is 6.01. The molecule has 1 aromatic heterocycles. The Morgan fingerprint density at radius 3 is 2.48 bits per heavy atom. The summed E-state index contributed by atoms with van der Waals surface area (Å²) in [6, 6.07) is 2.26. The lowest BCUT2D eigenvalue weighted by Crippen LogP contribution is -2.24. The molecule has 0 amide bonds. The molecule has 5 nitrogen and oxygen atoms in total. The molecular weight excluding hydrogens is 264 g/mol. The fourth-order valence-corrected chi connectivity index (χ4v) is 2.39. The Bertz CT molecular complexity index is 506. The van der Waals surface area contributed by atoms with Crippen molar-refractivity contribution >= 4 is 5.82 Å². The van der Waals surface area contributed by atoms with E-state index in [4.69, 9.17) is 5.11 Å². The zero-order chi connectivity index (χ0) is 15.9. The first-order chi connectivity index (χ1) is 9.99. The molecule has 21 heavy (non-hydrogen) atoms. The molecule has 1 aromatic rings. The molecule has 0 unspecified atom stereocenters. The van der Waals surface area contributed by atoms with E-state index >= 15 is 0 Å². The number of aromatic nitrogens is 2. The Balaban J connectivity index is 2.92. The van der Waals surface area contributed by atoms with Crippen LogP contribution in [-0.4, -0.2) is 28.5 Å². The summed E-state index contributed by atoms with van der Waals surface area (Å²) >= 11 is 0. The highest BCUT2D eigenvalue weighted by molar-refractivity contribution is 5.56. The summed E-state index contributed by atoms with van der Waals surface area (Å²) in [5, 5.41) is 30.0. The zero-order valence-electron chi connectivity index (χ0n) is 13.5. The first-order valence-electron chi connectivity index (χ1n) is 7.62. The number of aliphatic hydroxyl groups excluding tert-OH is 1. The van der Waals surface area contributed by atoms with E-state index in [2.05, 4.69) is 35.4 Å². The molecule has 0 saturated heterocycles. The van der Waals surface area contributed by atoms with Crippen molar-refractivity contribution in [1.29, 1.82) is 5.26 Å². The number of aryl methyl sites for hydroxylation is 1. The van der Waals surface area contributed by atoms with E-state index in [-0.39, 0.29) is 12.0 Å². The number of nitrogens with zero attached hydrogens (tertiary/aromatic N) is 3. The molecule has 1 heterocycles. The molecule has 116 valence electrons. The van der Waals surface area contributed by atoms with Gasteiger partial charge in [-0.1, -0.05) is 27.7 Å². The number of nitriles is 1. The Labute approximate surface area is 127 Å². The minimum Gasteiger partial charge on any atom is -0.396 e. The van der Waals surface area contributed by atoms with E-state index in [9.17, 15) is 5.26 Å². The van der Waals surface area contributed by atoms with Crippen LogP contribution in [0.2, 0.25) is 0 Å². The molecule has 0 bridgehead atoms. The summed E-state index contributed by atoms with van der Waals surface area (Å²) in [4.78, 5) is 0. The van der Waals surface area contributed by atoms with Crippen molar-refractivity contribution in [3.8, 4) is 6.07 Å². The van der Waals surface area contributed by atoms with Crippen LogP contribution in [0.5, 0.6) is 0 Å². The quantitative estimate of drug-likeness (QED) is 0.769. The minimum atomic E-state index is 0.0347. The number of hydrogen-bond acceptors (Lipinski definition) is 5. The maximum atomic E-state index is 9.43. The molecule has 0 fully saturated rings. The van der Waals surface area contributed by atoms with Crippen LogP contribution in [-0.2, 0) is 12.8 Å². The van der Waals surface area contributed by atoms with Gasteiger partial charge >= 0.3 is 0 Å². The van der Waals surface area contributed by atoms with E-state index in [0.717, 1.165) is 36.9 Å². The summed E-state index contributed by atoms with van der Waals surface area (Å²) in [5.74, 6) is 0.573. The van der Waals surface area contributed by atoms with Crippen LogP contribution in [0.4, 0.5) is 5.82 Å². The van der Waals surface area contributed by atoms with E-state index in [0.29, 0.717) is 17.9 Å². The fourth-order valence-electron chi connectivity index (χ4n) is 2.39. The van der Waals surface area contributed by atoms with Gasteiger partial charge in [0.1, 0.15) is 11.6 Å². The van der Waals surface area contributed by atoms with Gasteiger partial charge in [0.05, 0.1) is 5.69 Å². The number of aliphatic hydroxyl groups is 1. The summed E-state index contributed by atoms with van der Waals surface area (Å²) in [6.07, 6.45) is 3.26. The largest absolute Gasteiger partial charge is 0.396 e. The van der Waals surface area contributed by atoms with Gasteiger partial charge in [0, 0.05) is 13.2 Å². The van der Waals surface area contributed by atoms with E-state index in [1.54, 1.807) is 0 Å². The van der Waals surface area contributed by atoms with Crippen molar-refractivity contribution in [2.75, 3.05) is 18.5 Å². The predicted molar refractivity (Wildman–Crippen MR) is 84.1 cm³/mol. The molecule has 0 spiro atoms. The van der Waals surface area contributed by atoms with Gasteiger partial charge in [-0.05, 0) is 36.7 Å². The zero-order valence-corrected chi connectivity index (χ0v) is 13.5. The van der Waals surface area contributed by atoms with Gasteiger partial charge in [0.2, 0.25) is 0 Å². The monoisotopic (exact) mass is 290 g/mol. The average Bonchev–Trinajstić information content (AvgIpc) is 2.49. The van der Waals surface area contributed by atoms with Gasteiger partial charge in [-0.15, -0.1) is 5.10 Å². The SMILES string of the molecule is CCc1nnc(NCC(C)(C)CCCO)c(C#N)c1CC. The third-order valence-electron chi connectivity index (χ3n) is 3.70. The predicted octanol–water partition coefficient (Wildman–Crippen LogP) is 2.68. The summed E-state index contributed by atoms with van der Waals surface area (Å²) in [7, 11) is 0. The van der Waals surface area contributed by atoms with Crippen molar-refractivity contribution in [3.63, 3.8) is 0 Å². The maximum Gasteiger partial charge on any atom is 0.166 e. The second kappa shape index (κ2) is 7.94. The molecule has 0 aliphatic carbocycles. The van der Waals surface area contributed by atoms with Crippen LogP contribution >= 0.6 is 0 Å². The van der Waals surface area contributed by atoms with Gasteiger partial charge in [-0.3, -0.25) is 0 Å². The highest BCUT2D eigenvalue weighted by atomic mass is 16.2. The third-order valence-corrected chi connectivity index (χ3v) is 3.70. The maximum absolute atomic E-state index is 9.43. The highest BCUT2D eigenvalue weighted by Gasteiger charge is 2.20. The van der Waals surface area contributed by atoms with Gasteiger partial charge in [0.15, 0.2) is 5.82 Å². The molecule has 1 rings (SSSR count). The minimum absolute atomic E-state index is 0.0347. The van der Waals surface area contributed by atoms with Crippen LogP contribution in [0.1, 0.15) is 57.4 Å². The lowest BCUT2D eigenvalue weighted by Gasteiger charge is -2.25. The summed E-state index contributed by atoms with van der Waals surface area (Å²) < 4.78 is 0. The third kappa shape index (κ3) is 4.68. The molecule has 0 atom stereocenters. The van der Waals surface area contributed by atoms with Crippen LogP contribution in [0.3, 0.4) is 0 Å². The molecule has 0 aromatic carbocycles. The number of nitrogens with one attached hydrogen (secondary N) is 1.